The summed E-state index contributed by atoms with van der Waals surface area (Å²) < 4.78 is 11.1. The van der Waals surface area contributed by atoms with Crippen LogP contribution in [0.1, 0.15) is 25.8 Å². The molecule has 0 spiro atoms. The lowest BCUT2D eigenvalue weighted by Crippen LogP contribution is -2.09. The summed E-state index contributed by atoms with van der Waals surface area (Å²) >= 11 is 0. The topological polar surface area (TPSA) is 39.4 Å². The fourth-order valence-electron chi connectivity index (χ4n) is 2.54. The van der Waals surface area contributed by atoms with E-state index in [0.29, 0.717) is 5.58 Å². The summed E-state index contributed by atoms with van der Waals surface area (Å²) in [6, 6.07) is 15.2. The summed E-state index contributed by atoms with van der Waals surface area (Å²) in [6.07, 6.45) is 1.15. The molecular formula is C20H20O3. The van der Waals surface area contributed by atoms with Crippen molar-refractivity contribution in [1.82, 2.24) is 0 Å². The highest BCUT2D eigenvalue weighted by atomic mass is 16.5. The number of benzene rings is 2. The van der Waals surface area contributed by atoms with Gasteiger partial charge in [-0.1, -0.05) is 30.7 Å². The molecule has 0 radical (unpaired) electrons. The average Bonchev–Trinajstić information content (AvgIpc) is 2.55. The first-order valence-corrected chi connectivity index (χ1v) is 7.88. The predicted molar refractivity (Wildman–Crippen MR) is 93.0 cm³/mol. The van der Waals surface area contributed by atoms with Crippen LogP contribution in [-0.4, -0.2) is 6.10 Å². The molecular weight excluding hydrogens is 288 g/mol. The smallest absolute Gasteiger partial charge is 0.336 e. The number of hydrogen-bond acceptors (Lipinski definition) is 3. The monoisotopic (exact) mass is 308 g/mol. The van der Waals surface area contributed by atoms with Crippen molar-refractivity contribution in [2.75, 3.05) is 0 Å². The van der Waals surface area contributed by atoms with Gasteiger partial charge in [-0.25, -0.2) is 4.79 Å². The maximum absolute atomic E-state index is 11.8. The maximum atomic E-state index is 11.8. The molecule has 0 saturated carbocycles. The van der Waals surface area contributed by atoms with Gasteiger partial charge in [-0.15, -0.1) is 0 Å². The van der Waals surface area contributed by atoms with E-state index in [9.17, 15) is 4.79 Å². The van der Waals surface area contributed by atoms with Gasteiger partial charge in [0.15, 0.2) is 0 Å². The van der Waals surface area contributed by atoms with Gasteiger partial charge in [0.1, 0.15) is 11.3 Å². The van der Waals surface area contributed by atoms with Crippen LogP contribution in [0.2, 0.25) is 0 Å². The van der Waals surface area contributed by atoms with Crippen LogP contribution in [0.4, 0.5) is 0 Å². The molecule has 2 aromatic carbocycles. The number of rotatable bonds is 4. The zero-order valence-corrected chi connectivity index (χ0v) is 13.6. The molecule has 0 fully saturated rings. The minimum Gasteiger partial charge on any atom is -0.491 e. The van der Waals surface area contributed by atoms with Crippen molar-refractivity contribution >= 4 is 11.0 Å². The van der Waals surface area contributed by atoms with Crippen LogP contribution in [0.3, 0.4) is 0 Å². The van der Waals surface area contributed by atoms with E-state index in [1.807, 2.05) is 56.3 Å². The Labute approximate surface area is 135 Å². The van der Waals surface area contributed by atoms with E-state index in [4.69, 9.17) is 9.15 Å². The van der Waals surface area contributed by atoms with Gasteiger partial charge in [-0.3, -0.25) is 0 Å². The molecule has 3 aromatic rings. The molecule has 3 rings (SSSR count). The fourth-order valence-corrected chi connectivity index (χ4v) is 2.54. The second-order valence-corrected chi connectivity index (χ2v) is 5.84. The van der Waals surface area contributed by atoms with Crippen LogP contribution in [0.25, 0.3) is 22.1 Å². The van der Waals surface area contributed by atoms with Crippen molar-refractivity contribution in [2.24, 2.45) is 0 Å². The quantitative estimate of drug-likeness (QED) is 0.640. The highest BCUT2D eigenvalue weighted by Crippen LogP contribution is 2.29. The highest BCUT2D eigenvalue weighted by Gasteiger charge is 2.09. The van der Waals surface area contributed by atoms with Crippen molar-refractivity contribution < 1.29 is 9.15 Å². The van der Waals surface area contributed by atoms with Crippen molar-refractivity contribution in [1.29, 1.82) is 0 Å². The SMILES string of the molecule is CCC(C)Oc1ccc(-c2cc(=O)oc3ccc(C)cc23)cc1. The van der Waals surface area contributed by atoms with Crippen LogP contribution in [-0.2, 0) is 0 Å². The van der Waals surface area contributed by atoms with E-state index in [1.165, 1.54) is 0 Å². The molecule has 0 aliphatic heterocycles. The van der Waals surface area contributed by atoms with Gasteiger partial charge in [0.25, 0.3) is 0 Å². The zero-order chi connectivity index (χ0) is 16.4. The third kappa shape index (κ3) is 3.29. The van der Waals surface area contributed by atoms with Gasteiger partial charge in [0.05, 0.1) is 6.10 Å². The average molecular weight is 308 g/mol. The Morgan fingerprint density at radius 3 is 2.52 bits per heavy atom. The van der Waals surface area contributed by atoms with Crippen molar-refractivity contribution in [3.05, 3.63) is 64.5 Å². The lowest BCUT2D eigenvalue weighted by atomic mass is 10.0. The lowest BCUT2D eigenvalue weighted by molar-refractivity contribution is 0.217. The van der Waals surface area contributed by atoms with Crippen LogP contribution in [0.15, 0.2) is 57.7 Å². The molecule has 1 aromatic heterocycles. The molecule has 1 unspecified atom stereocenters. The van der Waals surface area contributed by atoms with E-state index in [1.54, 1.807) is 6.07 Å². The Hall–Kier alpha value is -2.55. The fraction of sp³-hybridized carbons (Fsp3) is 0.250. The normalized spacial score (nSPS) is 12.3. The van der Waals surface area contributed by atoms with Gasteiger partial charge < -0.3 is 9.15 Å². The first-order chi connectivity index (χ1) is 11.1. The Morgan fingerprint density at radius 2 is 1.83 bits per heavy atom. The lowest BCUT2D eigenvalue weighted by Gasteiger charge is -2.13. The molecule has 23 heavy (non-hydrogen) atoms. The predicted octanol–water partition coefficient (Wildman–Crippen LogP) is 4.95. The zero-order valence-electron chi connectivity index (χ0n) is 13.6. The van der Waals surface area contributed by atoms with Crippen molar-refractivity contribution in [3.63, 3.8) is 0 Å². The molecule has 0 aliphatic carbocycles. The molecule has 0 amide bonds. The van der Waals surface area contributed by atoms with Crippen LogP contribution in [0, 0.1) is 6.92 Å². The Balaban J connectivity index is 2.06. The molecule has 0 N–H and O–H groups in total. The summed E-state index contributed by atoms with van der Waals surface area (Å²) in [5.74, 6) is 0.839. The van der Waals surface area contributed by atoms with Gasteiger partial charge in [0, 0.05) is 11.5 Å². The van der Waals surface area contributed by atoms with Gasteiger partial charge in [0.2, 0.25) is 0 Å². The number of hydrogen-bond donors (Lipinski definition) is 0. The number of fused-ring (bicyclic) bond motifs is 1. The summed E-state index contributed by atoms with van der Waals surface area (Å²) in [7, 11) is 0. The number of aryl methyl sites for hydroxylation is 1. The van der Waals surface area contributed by atoms with E-state index >= 15 is 0 Å². The van der Waals surface area contributed by atoms with Crippen LogP contribution < -0.4 is 10.4 Å². The third-order valence-electron chi connectivity index (χ3n) is 3.98. The molecule has 0 aliphatic rings. The minimum absolute atomic E-state index is 0.188. The van der Waals surface area contributed by atoms with Gasteiger partial charge >= 0.3 is 5.63 Å². The highest BCUT2D eigenvalue weighted by molar-refractivity contribution is 5.93. The van der Waals surface area contributed by atoms with Crippen LogP contribution >= 0.6 is 0 Å². The second kappa shape index (κ2) is 6.29. The summed E-state index contributed by atoms with van der Waals surface area (Å²) in [5.41, 5.74) is 3.26. The molecule has 1 atom stereocenters. The molecule has 3 heteroatoms. The Bertz CT molecular complexity index is 876. The van der Waals surface area contributed by atoms with Gasteiger partial charge in [-0.2, -0.15) is 0 Å². The van der Waals surface area contributed by atoms with Crippen molar-refractivity contribution in [2.45, 2.75) is 33.3 Å². The minimum atomic E-state index is -0.337. The standard InChI is InChI=1S/C20H20O3/c1-4-14(3)22-16-8-6-15(7-9-16)17-12-20(21)23-19-10-5-13(2)11-18(17)19/h5-12,14H,4H2,1-3H3. The maximum Gasteiger partial charge on any atom is 0.336 e. The second-order valence-electron chi connectivity index (χ2n) is 5.84. The third-order valence-corrected chi connectivity index (χ3v) is 3.98. The Kier molecular flexibility index (Phi) is 4.20. The summed E-state index contributed by atoms with van der Waals surface area (Å²) in [4.78, 5) is 11.8. The Morgan fingerprint density at radius 1 is 1.09 bits per heavy atom. The summed E-state index contributed by atoms with van der Waals surface area (Å²) in [5, 5.41) is 0.945. The van der Waals surface area contributed by atoms with E-state index in [-0.39, 0.29) is 11.7 Å². The molecule has 0 saturated heterocycles. The number of ether oxygens (including phenoxy) is 1. The van der Waals surface area contributed by atoms with E-state index in [0.717, 1.165) is 34.2 Å². The summed E-state index contributed by atoms with van der Waals surface area (Å²) in [6.45, 7) is 6.17. The van der Waals surface area contributed by atoms with Crippen molar-refractivity contribution in [3.8, 4) is 16.9 Å². The first kappa shape index (κ1) is 15.3. The van der Waals surface area contributed by atoms with E-state index < -0.39 is 0 Å². The molecule has 118 valence electrons. The first-order valence-electron chi connectivity index (χ1n) is 7.88. The molecule has 0 bridgehead atoms. The van der Waals surface area contributed by atoms with Crippen LogP contribution in [0.5, 0.6) is 5.75 Å². The molecule has 1 heterocycles. The molecule has 3 nitrogen and oxygen atoms in total. The van der Waals surface area contributed by atoms with Gasteiger partial charge in [-0.05, 0) is 55.7 Å². The van der Waals surface area contributed by atoms with E-state index in [2.05, 4.69) is 6.92 Å². The largest absolute Gasteiger partial charge is 0.491 e.